The third kappa shape index (κ3) is 2.80. The molecule has 0 aromatic carbocycles. The van der Waals surface area contributed by atoms with Crippen molar-refractivity contribution in [1.29, 1.82) is 0 Å². The van der Waals surface area contributed by atoms with Gasteiger partial charge in [0.15, 0.2) is 0 Å². The zero-order valence-electron chi connectivity index (χ0n) is 8.43. The third-order valence-electron chi connectivity index (χ3n) is 2.48. The molecule has 1 heteroatoms. The molecule has 0 fully saturated rings. The van der Waals surface area contributed by atoms with E-state index in [2.05, 4.69) is 31.8 Å². The summed E-state index contributed by atoms with van der Waals surface area (Å²) in [5, 5.41) is 0. The number of hydrogen-bond acceptors (Lipinski definition) is 1. The van der Waals surface area contributed by atoms with Crippen molar-refractivity contribution in [3.63, 3.8) is 0 Å². The minimum absolute atomic E-state index is 0.783. The molecule has 1 aliphatic rings. The molecular weight excluding hydrogens is 146 g/mol. The minimum atomic E-state index is 0.783. The molecule has 1 aliphatic heterocycles. The Morgan fingerprint density at radius 1 is 1.58 bits per heavy atom. The van der Waals surface area contributed by atoms with Crippen molar-refractivity contribution in [2.75, 3.05) is 0 Å². The van der Waals surface area contributed by atoms with Gasteiger partial charge in [-0.25, -0.2) is 0 Å². The Balaban J connectivity index is 2.47. The zero-order valence-corrected chi connectivity index (χ0v) is 8.43. The lowest BCUT2D eigenvalue weighted by molar-refractivity contribution is 0.552. The van der Waals surface area contributed by atoms with E-state index in [0.717, 1.165) is 18.8 Å². The molecule has 0 aromatic rings. The highest BCUT2D eigenvalue weighted by molar-refractivity contribution is 5.83. The second-order valence-corrected chi connectivity index (χ2v) is 3.80. The molecule has 1 rings (SSSR count). The van der Waals surface area contributed by atoms with Gasteiger partial charge >= 0.3 is 0 Å². The molecule has 0 spiro atoms. The molecular formula is C11H19N. The van der Waals surface area contributed by atoms with Gasteiger partial charge in [0.2, 0.25) is 0 Å². The van der Waals surface area contributed by atoms with Crippen molar-refractivity contribution >= 4 is 5.71 Å². The molecule has 1 heterocycles. The number of aliphatic imine (C=N–C) groups is 1. The first-order valence-corrected chi connectivity index (χ1v) is 4.95. The van der Waals surface area contributed by atoms with Gasteiger partial charge in [-0.2, -0.15) is 0 Å². The van der Waals surface area contributed by atoms with Crippen molar-refractivity contribution in [3.05, 3.63) is 11.8 Å². The van der Waals surface area contributed by atoms with E-state index in [1.54, 1.807) is 0 Å². The molecule has 12 heavy (non-hydrogen) atoms. The highest BCUT2D eigenvalue weighted by atomic mass is 14.8. The standard InChI is InChI=1S/C11H19N/c1-4-9(2)8-11-7-5-6-10(3)12-11/h7,9H,4-6,8H2,1-3H3. The lowest BCUT2D eigenvalue weighted by Crippen LogP contribution is -2.01. The molecule has 0 radical (unpaired) electrons. The van der Waals surface area contributed by atoms with Crippen LogP contribution in [0.1, 0.15) is 46.5 Å². The molecule has 1 atom stereocenters. The summed E-state index contributed by atoms with van der Waals surface area (Å²) >= 11 is 0. The molecule has 0 aliphatic carbocycles. The van der Waals surface area contributed by atoms with Crippen LogP contribution >= 0.6 is 0 Å². The molecule has 0 bridgehead atoms. The fourth-order valence-electron chi connectivity index (χ4n) is 1.42. The molecule has 0 N–H and O–H groups in total. The third-order valence-corrected chi connectivity index (χ3v) is 2.48. The smallest absolute Gasteiger partial charge is 0.0365 e. The van der Waals surface area contributed by atoms with E-state index in [1.165, 1.54) is 24.3 Å². The molecule has 68 valence electrons. The van der Waals surface area contributed by atoms with Crippen LogP contribution in [-0.4, -0.2) is 5.71 Å². The van der Waals surface area contributed by atoms with Crippen molar-refractivity contribution in [2.24, 2.45) is 10.9 Å². The average Bonchev–Trinajstić information content (AvgIpc) is 2.04. The average molecular weight is 165 g/mol. The van der Waals surface area contributed by atoms with Crippen LogP contribution in [0.15, 0.2) is 16.8 Å². The van der Waals surface area contributed by atoms with Crippen molar-refractivity contribution in [3.8, 4) is 0 Å². The lowest BCUT2D eigenvalue weighted by atomic mass is 10.0. The zero-order chi connectivity index (χ0) is 8.97. The van der Waals surface area contributed by atoms with Crippen LogP contribution in [-0.2, 0) is 0 Å². The number of hydrogen-bond donors (Lipinski definition) is 0. The Bertz CT molecular complexity index is 201. The van der Waals surface area contributed by atoms with Crippen LogP contribution in [0.3, 0.4) is 0 Å². The summed E-state index contributed by atoms with van der Waals surface area (Å²) < 4.78 is 0. The van der Waals surface area contributed by atoms with E-state index in [-0.39, 0.29) is 0 Å². The van der Waals surface area contributed by atoms with Crippen molar-refractivity contribution in [2.45, 2.75) is 46.5 Å². The van der Waals surface area contributed by atoms with E-state index in [9.17, 15) is 0 Å². The monoisotopic (exact) mass is 165 g/mol. The molecule has 1 nitrogen and oxygen atoms in total. The predicted octanol–water partition coefficient (Wildman–Crippen LogP) is 3.56. The van der Waals surface area contributed by atoms with Crippen molar-refractivity contribution in [1.82, 2.24) is 0 Å². The van der Waals surface area contributed by atoms with E-state index in [1.807, 2.05) is 0 Å². The second kappa shape index (κ2) is 4.44. The minimum Gasteiger partial charge on any atom is -0.263 e. The molecule has 0 amide bonds. The fourth-order valence-corrected chi connectivity index (χ4v) is 1.42. The second-order valence-electron chi connectivity index (χ2n) is 3.80. The predicted molar refractivity (Wildman–Crippen MR) is 54.5 cm³/mol. The van der Waals surface area contributed by atoms with Crippen LogP contribution in [0.25, 0.3) is 0 Å². The number of rotatable bonds is 3. The van der Waals surface area contributed by atoms with Gasteiger partial charge in [-0.05, 0) is 32.1 Å². The van der Waals surface area contributed by atoms with E-state index < -0.39 is 0 Å². The van der Waals surface area contributed by atoms with E-state index in [4.69, 9.17) is 0 Å². The SMILES string of the molecule is CCC(C)CC1=CCCC(C)=N1. The van der Waals surface area contributed by atoms with Crippen LogP contribution in [0.4, 0.5) is 0 Å². The Kier molecular flexibility index (Phi) is 3.51. The highest BCUT2D eigenvalue weighted by Crippen LogP contribution is 2.19. The number of nitrogens with zero attached hydrogens (tertiary/aromatic N) is 1. The normalized spacial score (nSPS) is 19.9. The summed E-state index contributed by atoms with van der Waals surface area (Å²) in [6, 6.07) is 0. The van der Waals surface area contributed by atoms with Gasteiger partial charge in [0.1, 0.15) is 0 Å². The highest BCUT2D eigenvalue weighted by Gasteiger charge is 2.06. The molecule has 0 aromatic heterocycles. The lowest BCUT2D eigenvalue weighted by Gasteiger charge is -2.13. The Morgan fingerprint density at radius 3 is 2.92 bits per heavy atom. The quantitative estimate of drug-likeness (QED) is 0.606. The maximum absolute atomic E-state index is 4.55. The first kappa shape index (κ1) is 9.50. The fraction of sp³-hybridized carbons (Fsp3) is 0.727. The van der Waals surface area contributed by atoms with E-state index in [0.29, 0.717) is 0 Å². The summed E-state index contributed by atoms with van der Waals surface area (Å²) in [5.41, 5.74) is 2.61. The van der Waals surface area contributed by atoms with Crippen LogP contribution in [0.5, 0.6) is 0 Å². The van der Waals surface area contributed by atoms with Gasteiger partial charge in [-0.15, -0.1) is 0 Å². The van der Waals surface area contributed by atoms with Crippen LogP contribution in [0, 0.1) is 5.92 Å². The summed E-state index contributed by atoms with van der Waals surface area (Å²) in [5.74, 6) is 0.783. The molecule has 0 saturated carbocycles. The molecule has 1 unspecified atom stereocenters. The molecule has 0 saturated heterocycles. The van der Waals surface area contributed by atoms with Gasteiger partial charge in [-0.1, -0.05) is 26.3 Å². The van der Waals surface area contributed by atoms with Crippen LogP contribution in [0.2, 0.25) is 0 Å². The first-order chi connectivity index (χ1) is 5.72. The van der Waals surface area contributed by atoms with Gasteiger partial charge < -0.3 is 0 Å². The van der Waals surface area contributed by atoms with Gasteiger partial charge in [-0.3, -0.25) is 4.99 Å². The van der Waals surface area contributed by atoms with Gasteiger partial charge in [0.05, 0.1) is 0 Å². The summed E-state index contributed by atoms with van der Waals surface area (Å²) in [6.07, 6.45) is 7.06. The first-order valence-electron chi connectivity index (χ1n) is 4.95. The Morgan fingerprint density at radius 2 is 2.33 bits per heavy atom. The van der Waals surface area contributed by atoms with Gasteiger partial charge in [0.25, 0.3) is 0 Å². The topological polar surface area (TPSA) is 12.4 Å². The Hall–Kier alpha value is -0.590. The van der Waals surface area contributed by atoms with Crippen molar-refractivity contribution < 1.29 is 0 Å². The summed E-state index contributed by atoms with van der Waals surface area (Å²) in [7, 11) is 0. The van der Waals surface area contributed by atoms with E-state index >= 15 is 0 Å². The van der Waals surface area contributed by atoms with Gasteiger partial charge in [0, 0.05) is 11.4 Å². The number of allylic oxidation sites excluding steroid dienone is 2. The summed E-state index contributed by atoms with van der Waals surface area (Å²) in [6.45, 7) is 6.66. The Labute approximate surface area is 75.6 Å². The van der Waals surface area contributed by atoms with Crippen LogP contribution < -0.4 is 0 Å². The maximum atomic E-state index is 4.55. The maximum Gasteiger partial charge on any atom is 0.0365 e. The summed E-state index contributed by atoms with van der Waals surface area (Å²) in [4.78, 5) is 4.55. The largest absolute Gasteiger partial charge is 0.263 e.